The lowest BCUT2D eigenvalue weighted by molar-refractivity contribution is 0.298. The fourth-order valence-electron chi connectivity index (χ4n) is 1.92. The summed E-state index contributed by atoms with van der Waals surface area (Å²) >= 11 is 0. The second kappa shape index (κ2) is 11.9. The van der Waals surface area contributed by atoms with Gasteiger partial charge in [0, 0.05) is 13.1 Å². The van der Waals surface area contributed by atoms with Gasteiger partial charge < -0.3 is 10.2 Å². The number of nitrogens with one attached hydrogen (secondary N) is 1. The van der Waals surface area contributed by atoms with Crippen LogP contribution in [0.15, 0.2) is 0 Å². The molecule has 0 spiro atoms. The number of rotatable bonds is 11. The van der Waals surface area contributed by atoms with Crippen LogP contribution in [0.1, 0.15) is 52.9 Å². The van der Waals surface area contributed by atoms with Crippen molar-refractivity contribution in [2.45, 2.75) is 58.9 Å². The van der Waals surface area contributed by atoms with Crippen LogP contribution in [0.2, 0.25) is 0 Å². The number of hydrogen-bond acceptors (Lipinski definition) is 3. The van der Waals surface area contributed by atoms with Gasteiger partial charge in [0.1, 0.15) is 0 Å². The van der Waals surface area contributed by atoms with Crippen LogP contribution in [0, 0.1) is 11.3 Å². The van der Waals surface area contributed by atoms with Crippen LogP contribution in [0.4, 0.5) is 0 Å². The van der Waals surface area contributed by atoms with Gasteiger partial charge in [-0.05, 0) is 19.5 Å². The van der Waals surface area contributed by atoms with Crippen molar-refractivity contribution < 1.29 is 0 Å². The summed E-state index contributed by atoms with van der Waals surface area (Å²) in [5.41, 5.74) is 0. The average Bonchev–Trinajstić information content (AvgIpc) is 2.37. The van der Waals surface area contributed by atoms with Crippen molar-refractivity contribution in [2.24, 2.45) is 0 Å². The molecule has 0 aromatic heterocycles. The average molecular weight is 239 g/mol. The van der Waals surface area contributed by atoms with E-state index in [1.807, 2.05) is 0 Å². The third kappa shape index (κ3) is 9.14. The van der Waals surface area contributed by atoms with Crippen molar-refractivity contribution in [1.29, 1.82) is 5.26 Å². The van der Waals surface area contributed by atoms with Crippen LogP contribution in [-0.4, -0.2) is 37.1 Å². The molecule has 3 heteroatoms. The van der Waals surface area contributed by atoms with Gasteiger partial charge in [0.05, 0.1) is 12.1 Å². The van der Waals surface area contributed by atoms with Crippen molar-refractivity contribution in [3.63, 3.8) is 0 Å². The smallest absolute Gasteiger partial charge is 0.0953 e. The third-order valence-corrected chi connectivity index (χ3v) is 3.22. The molecule has 0 aliphatic rings. The first-order chi connectivity index (χ1) is 8.28. The van der Waals surface area contributed by atoms with E-state index < -0.39 is 0 Å². The van der Waals surface area contributed by atoms with E-state index in [0.29, 0.717) is 0 Å². The summed E-state index contributed by atoms with van der Waals surface area (Å²) in [4.78, 5) is 2.37. The molecule has 0 fully saturated rings. The zero-order valence-electron chi connectivity index (χ0n) is 11.8. The predicted octanol–water partition coefficient (Wildman–Crippen LogP) is 2.78. The Hall–Kier alpha value is -0.590. The van der Waals surface area contributed by atoms with E-state index in [9.17, 15) is 0 Å². The molecule has 100 valence electrons. The molecule has 0 aromatic rings. The maximum absolute atomic E-state index is 9.04. The van der Waals surface area contributed by atoms with Crippen LogP contribution >= 0.6 is 0 Å². The van der Waals surface area contributed by atoms with Gasteiger partial charge in [-0.3, -0.25) is 0 Å². The Morgan fingerprint density at radius 3 is 2.35 bits per heavy atom. The summed E-state index contributed by atoms with van der Waals surface area (Å²) in [6.07, 6.45) is 5.97. The standard InChI is InChI=1S/C14H29N3/c1-4-7-8-9-10-14(13-15)16-11-12-17(5-2)6-3/h14,16H,4-12H2,1-3H3. The number of likely N-dealkylation sites (N-methyl/N-ethyl adjacent to an activating group) is 1. The summed E-state index contributed by atoms with van der Waals surface area (Å²) in [6.45, 7) is 10.7. The Labute approximate surface area is 107 Å². The molecule has 0 saturated carbocycles. The summed E-state index contributed by atoms with van der Waals surface area (Å²) in [6, 6.07) is 2.40. The van der Waals surface area contributed by atoms with Crippen molar-refractivity contribution in [3.05, 3.63) is 0 Å². The lowest BCUT2D eigenvalue weighted by Gasteiger charge is -2.19. The van der Waals surface area contributed by atoms with E-state index in [0.717, 1.165) is 32.6 Å². The molecular formula is C14H29N3. The molecule has 0 saturated heterocycles. The zero-order chi connectivity index (χ0) is 12.9. The molecule has 0 aliphatic carbocycles. The highest BCUT2D eigenvalue weighted by molar-refractivity contribution is 4.89. The topological polar surface area (TPSA) is 39.1 Å². The molecule has 0 aromatic carbocycles. The highest BCUT2D eigenvalue weighted by Crippen LogP contribution is 2.05. The number of nitriles is 1. The van der Waals surface area contributed by atoms with Crippen LogP contribution in [-0.2, 0) is 0 Å². The number of nitrogens with zero attached hydrogens (tertiary/aromatic N) is 2. The molecule has 0 heterocycles. The lowest BCUT2D eigenvalue weighted by Crippen LogP contribution is -2.36. The van der Waals surface area contributed by atoms with E-state index in [4.69, 9.17) is 5.26 Å². The molecule has 0 rings (SSSR count). The molecule has 0 aliphatic heterocycles. The number of unbranched alkanes of at least 4 members (excludes halogenated alkanes) is 3. The van der Waals surface area contributed by atoms with Crippen molar-refractivity contribution >= 4 is 0 Å². The van der Waals surface area contributed by atoms with E-state index >= 15 is 0 Å². The molecular weight excluding hydrogens is 210 g/mol. The molecule has 3 nitrogen and oxygen atoms in total. The maximum Gasteiger partial charge on any atom is 0.0953 e. The molecule has 0 bridgehead atoms. The molecule has 1 atom stereocenters. The second-order valence-corrected chi connectivity index (χ2v) is 4.51. The van der Waals surface area contributed by atoms with E-state index in [1.54, 1.807) is 0 Å². The minimum Gasteiger partial charge on any atom is -0.303 e. The first-order valence-electron chi connectivity index (χ1n) is 7.13. The van der Waals surface area contributed by atoms with Crippen LogP contribution < -0.4 is 5.32 Å². The van der Waals surface area contributed by atoms with E-state index in [2.05, 4.69) is 37.1 Å². The highest BCUT2D eigenvalue weighted by Gasteiger charge is 2.06. The summed E-state index contributed by atoms with van der Waals surface area (Å²) < 4.78 is 0. The number of hydrogen-bond donors (Lipinski definition) is 1. The van der Waals surface area contributed by atoms with Gasteiger partial charge in [-0.1, -0.05) is 46.5 Å². The zero-order valence-corrected chi connectivity index (χ0v) is 11.8. The van der Waals surface area contributed by atoms with Crippen molar-refractivity contribution in [2.75, 3.05) is 26.2 Å². The van der Waals surface area contributed by atoms with Crippen LogP contribution in [0.5, 0.6) is 0 Å². The van der Waals surface area contributed by atoms with Gasteiger partial charge in [-0.2, -0.15) is 5.26 Å². The minimum atomic E-state index is 0.0439. The molecule has 1 N–H and O–H groups in total. The second-order valence-electron chi connectivity index (χ2n) is 4.51. The van der Waals surface area contributed by atoms with E-state index in [1.165, 1.54) is 25.7 Å². The van der Waals surface area contributed by atoms with Gasteiger partial charge in [0.25, 0.3) is 0 Å². The largest absolute Gasteiger partial charge is 0.303 e. The minimum absolute atomic E-state index is 0.0439. The quantitative estimate of drug-likeness (QED) is 0.564. The third-order valence-electron chi connectivity index (χ3n) is 3.22. The van der Waals surface area contributed by atoms with Crippen molar-refractivity contribution in [1.82, 2.24) is 10.2 Å². The Balaban J connectivity index is 3.57. The molecule has 1 unspecified atom stereocenters. The Morgan fingerprint density at radius 2 is 1.82 bits per heavy atom. The van der Waals surface area contributed by atoms with Crippen LogP contribution in [0.25, 0.3) is 0 Å². The summed E-state index contributed by atoms with van der Waals surface area (Å²) in [7, 11) is 0. The molecule has 17 heavy (non-hydrogen) atoms. The Morgan fingerprint density at radius 1 is 1.12 bits per heavy atom. The fraction of sp³-hybridized carbons (Fsp3) is 0.929. The molecule has 0 radical (unpaired) electrons. The van der Waals surface area contributed by atoms with Crippen LogP contribution in [0.3, 0.4) is 0 Å². The monoisotopic (exact) mass is 239 g/mol. The summed E-state index contributed by atoms with van der Waals surface area (Å²) in [5, 5.41) is 12.4. The normalized spacial score (nSPS) is 12.6. The lowest BCUT2D eigenvalue weighted by atomic mass is 10.1. The maximum atomic E-state index is 9.04. The highest BCUT2D eigenvalue weighted by atomic mass is 15.1. The Kier molecular flexibility index (Phi) is 11.5. The van der Waals surface area contributed by atoms with E-state index in [-0.39, 0.29) is 6.04 Å². The van der Waals surface area contributed by atoms with Gasteiger partial charge in [-0.25, -0.2) is 0 Å². The summed E-state index contributed by atoms with van der Waals surface area (Å²) in [5.74, 6) is 0. The van der Waals surface area contributed by atoms with Gasteiger partial charge >= 0.3 is 0 Å². The first-order valence-corrected chi connectivity index (χ1v) is 7.13. The van der Waals surface area contributed by atoms with Gasteiger partial charge in [0.2, 0.25) is 0 Å². The molecule has 0 amide bonds. The fourth-order valence-corrected chi connectivity index (χ4v) is 1.92. The van der Waals surface area contributed by atoms with Gasteiger partial charge in [0.15, 0.2) is 0 Å². The van der Waals surface area contributed by atoms with Gasteiger partial charge in [-0.15, -0.1) is 0 Å². The Bertz CT molecular complexity index is 194. The predicted molar refractivity (Wildman–Crippen MR) is 74.0 cm³/mol. The first kappa shape index (κ1) is 16.4. The van der Waals surface area contributed by atoms with Crippen molar-refractivity contribution in [3.8, 4) is 6.07 Å². The SMILES string of the molecule is CCCCCCC(C#N)NCCN(CC)CC.